The number of fused-ring (bicyclic) bond motifs is 1. The number of nitrogen functional groups attached to an aromatic ring is 1. The number of hydrogen-bond acceptors (Lipinski definition) is 2. The summed E-state index contributed by atoms with van der Waals surface area (Å²) < 4.78 is 2.29. The zero-order valence-corrected chi connectivity index (χ0v) is 10.2. The maximum absolute atomic E-state index is 5.96. The first-order chi connectivity index (χ1) is 7.65. The van der Waals surface area contributed by atoms with Gasteiger partial charge in [0.15, 0.2) is 0 Å². The summed E-state index contributed by atoms with van der Waals surface area (Å²) in [5, 5.41) is 0. The van der Waals surface area contributed by atoms with Crippen LogP contribution in [0.15, 0.2) is 18.2 Å². The Morgan fingerprint density at radius 2 is 2.12 bits per heavy atom. The lowest BCUT2D eigenvalue weighted by Gasteiger charge is -2.09. The minimum atomic E-state index is 0.429. The van der Waals surface area contributed by atoms with Crippen molar-refractivity contribution in [2.75, 3.05) is 5.73 Å². The molecule has 0 unspecified atom stereocenters. The molecular weight excluding hydrogens is 198 g/mol. The van der Waals surface area contributed by atoms with Crippen LogP contribution in [0.2, 0.25) is 0 Å². The maximum Gasteiger partial charge on any atom is 0.112 e. The van der Waals surface area contributed by atoms with Crippen LogP contribution in [0.25, 0.3) is 11.0 Å². The molecule has 1 heterocycles. The molecule has 0 aliphatic heterocycles. The molecule has 0 saturated carbocycles. The third kappa shape index (κ3) is 1.66. The molecule has 1 aromatic carbocycles. The lowest BCUT2D eigenvalue weighted by atomic mass is 10.2. The van der Waals surface area contributed by atoms with E-state index in [2.05, 4.69) is 36.4 Å². The summed E-state index contributed by atoms with van der Waals surface area (Å²) in [6.45, 7) is 7.53. The molecule has 1 aromatic heterocycles. The van der Waals surface area contributed by atoms with Crippen molar-refractivity contribution in [1.29, 1.82) is 0 Å². The fourth-order valence-electron chi connectivity index (χ4n) is 2.09. The molecule has 0 spiro atoms. The van der Waals surface area contributed by atoms with Crippen molar-refractivity contribution in [3.8, 4) is 0 Å². The van der Waals surface area contributed by atoms with E-state index < -0.39 is 0 Å². The van der Waals surface area contributed by atoms with Gasteiger partial charge in [0, 0.05) is 12.5 Å². The Kier molecular flexibility index (Phi) is 2.86. The number of nitrogens with two attached hydrogens (primary N) is 1. The normalized spacial score (nSPS) is 11.5. The molecule has 0 fully saturated rings. The summed E-state index contributed by atoms with van der Waals surface area (Å²) in [5.74, 6) is 1.56. The molecule has 2 N–H and O–H groups in total. The van der Waals surface area contributed by atoms with Crippen molar-refractivity contribution in [3.05, 3.63) is 24.0 Å². The number of aromatic nitrogens is 2. The maximum atomic E-state index is 5.96. The van der Waals surface area contributed by atoms with Gasteiger partial charge in [-0.3, -0.25) is 0 Å². The summed E-state index contributed by atoms with van der Waals surface area (Å²) >= 11 is 0. The second kappa shape index (κ2) is 4.16. The van der Waals surface area contributed by atoms with Crippen molar-refractivity contribution in [2.45, 2.75) is 39.7 Å². The Bertz CT molecular complexity index is 497. The molecule has 0 aliphatic carbocycles. The fraction of sp³-hybridized carbons (Fsp3) is 0.462. The van der Waals surface area contributed by atoms with Crippen molar-refractivity contribution in [1.82, 2.24) is 9.55 Å². The van der Waals surface area contributed by atoms with E-state index in [0.717, 1.165) is 35.5 Å². The lowest BCUT2D eigenvalue weighted by molar-refractivity contribution is 0.624. The van der Waals surface area contributed by atoms with Gasteiger partial charge < -0.3 is 10.3 Å². The summed E-state index contributed by atoms with van der Waals surface area (Å²) in [4.78, 5) is 4.67. The Balaban J connectivity index is 2.70. The average Bonchev–Trinajstić information content (AvgIpc) is 2.60. The van der Waals surface area contributed by atoms with Gasteiger partial charge >= 0.3 is 0 Å². The van der Waals surface area contributed by atoms with E-state index in [1.165, 1.54) is 0 Å². The van der Waals surface area contributed by atoms with E-state index in [4.69, 9.17) is 5.73 Å². The van der Waals surface area contributed by atoms with E-state index >= 15 is 0 Å². The molecular formula is C13H19N3. The van der Waals surface area contributed by atoms with Crippen LogP contribution in [-0.4, -0.2) is 9.55 Å². The predicted molar refractivity (Wildman–Crippen MR) is 68.5 cm³/mol. The summed E-state index contributed by atoms with van der Waals surface area (Å²) in [5.41, 5.74) is 8.83. The second-order valence-electron chi connectivity index (χ2n) is 4.49. The third-order valence-corrected chi connectivity index (χ3v) is 2.80. The average molecular weight is 217 g/mol. The minimum Gasteiger partial charge on any atom is -0.397 e. The quantitative estimate of drug-likeness (QED) is 0.803. The number of hydrogen-bond donors (Lipinski definition) is 1. The molecule has 86 valence electrons. The van der Waals surface area contributed by atoms with Gasteiger partial charge in [0.2, 0.25) is 0 Å². The van der Waals surface area contributed by atoms with Crippen LogP contribution in [-0.2, 0) is 6.54 Å². The molecule has 16 heavy (non-hydrogen) atoms. The van der Waals surface area contributed by atoms with Gasteiger partial charge in [0.1, 0.15) is 11.3 Å². The standard InChI is InChI=1S/C13H19N3/c1-4-8-16-11-7-5-6-10(14)12(11)15-13(16)9(2)3/h5-7,9H,4,8,14H2,1-3H3. The molecule has 0 amide bonds. The molecule has 0 aliphatic rings. The predicted octanol–water partition coefficient (Wildman–Crippen LogP) is 3.15. The zero-order valence-electron chi connectivity index (χ0n) is 10.2. The van der Waals surface area contributed by atoms with Crippen molar-refractivity contribution < 1.29 is 0 Å². The van der Waals surface area contributed by atoms with E-state index in [9.17, 15) is 0 Å². The molecule has 0 saturated heterocycles. The molecule has 0 bridgehead atoms. The highest BCUT2D eigenvalue weighted by Crippen LogP contribution is 2.25. The largest absolute Gasteiger partial charge is 0.397 e. The Morgan fingerprint density at radius 3 is 2.75 bits per heavy atom. The molecule has 3 nitrogen and oxygen atoms in total. The van der Waals surface area contributed by atoms with E-state index in [-0.39, 0.29) is 0 Å². The van der Waals surface area contributed by atoms with Gasteiger partial charge in [-0.25, -0.2) is 4.98 Å². The second-order valence-corrected chi connectivity index (χ2v) is 4.49. The molecule has 0 atom stereocenters. The van der Waals surface area contributed by atoms with Crippen LogP contribution in [0, 0.1) is 0 Å². The SMILES string of the molecule is CCCn1c(C(C)C)nc2c(N)cccc21. The number of benzene rings is 1. The van der Waals surface area contributed by atoms with Crippen molar-refractivity contribution in [2.24, 2.45) is 0 Å². The first kappa shape index (κ1) is 11.0. The van der Waals surface area contributed by atoms with Gasteiger partial charge in [-0.05, 0) is 18.6 Å². The minimum absolute atomic E-state index is 0.429. The van der Waals surface area contributed by atoms with Crippen LogP contribution in [0.4, 0.5) is 5.69 Å². The molecule has 2 aromatic rings. The highest BCUT2D eigenvalue weighted by molar-refractivity contribution is 5.87. The van der Waals surface area contributed by atoms with Gasteiger partial charge in [-0.2, -0.15) is 0 Å². The number of rotatable bonds is 3. The molecule has 0 radical (unpaired) electrons. The van der Waals surface area contributed by atoms with E-state index in [0.29, 0.717) is 5.92 Å². The zero-order chi connectivity index (χ0) is 11.7. The third-order valence-electron chi connectivity index (χ3n) is 2.80. The van der Waals surface area contributed by atoms with E-state index in [1.54, 1.807) is 0 Å². The van der Waals surface area contributed by atoms with Gasteiger partial charge in [-0.1, -0.05) is 26.8 Å². The number of imidazole rings is 1. The van der Waals surface area contributed by atoms with Crippen LogP contribution in [0.3, 0.4) is 0 Å². The van der Waals surface area contributed by atoms with E-state index in [1.807, 2.05) is 12.1 Å². The van der Waals surface area contributed by atoms with Gasteiger partial charge in [-0.15, -0.1) is 0 Å². The summed E-state index contributed by atoms with van der Waals surface area (Å²) in [7, 11) is 0. The molecule has 2 rings (SSSR count). The first-order valence-electron chi connectivity index (χ1n) is 5.89. The van der Waals surface area contributed by atoms with Gasteiger partial charge in [0.05, 0.1) is 11.2 Å². The smallest absolute Gasteiger partial charge is 0.112 e. The number of para-hydroxylation sites is 1. The summed E-state index contributed by atoms with van der Waals surface area (Å²) in [6.07, 6.45) is 1.11. The summed E-state index contributed by atoms with van der Waals surface area (Å²) in [6, 6.07) is 6.01. The Labute approximate surface area is 96.3 Å². The van der Waals surface area contributed by atoms with Gasteiger partial charge in [0.25, 0.3) is 0 Å². The van der Waals surface area contributed by atoms with Crippen LogP contribution in [0.5, 0.6) is 0 Å². The first-order valence-corrected chi connectivity index (χ1v) is 5.89. The highest BCUT2D eigenvalue weighted by atomic mass is 15.1. The monoisotopic (exact) mass is 217 g/mol. The Morgan fingerprint density at radius 1 is 1.38 bits per heavy atom. The topological polar surface area (TPSA) is 43.8 Å². The van der Waals surface area contributed by atoms with Crippen LogP contribution >= 0.6 is 0 Å². The fourth-order valence-corrected chi connectivity index (χ4v) is 2.09. The van der Waals surface area contributed by atoms with Crippen LogP contribution in [0.1, 0.15) is 38.9 Å². The number of aryl methyl sites for hydroxylation is 1. The lowest BCUT2D eigenvalue weighted by Crippen LogP contribution is -2.04. The Hall–Kier alpha value is -1.51. The highest BCUT2D eigenvalue weighted by Gasteiger charge is 2.13. The van der Waals surface area contributed by atoms with Crippen molar-refractivity contribution >= 4 is 16.7 Å². The number of nitrogens with zero attached hydrogens (tertiary/aromatic N) is 2. The van der Waals surface area contributed by atoms with Crippen molar-refractivity contribution in [3.63, 3.8) is 0 Å². The van der Waals surface area contributed by atoms with Crippen LogP contribution < -0.4 is 5.73 Å². The number of anilines is 1. The molecule has 3 heteroatoms.